The second-order valence-corrected chi connectivity index (χ2v) is 14.1. The summed E-state index contributed by atoms with van der Waals surface area (Å²) in [6.45, 7) is 15.2. The van der Waals surface area contributed by atoms with Crippen molar-refractivity contribution < 1.29 is 18.1 Å². The average Bonchev–Trinajstić information content (AvgIpc) is 3.43. The monoisotopic (exact) mass is 591 g/mol. The Morgan fingerprint density at radius 2 is 1.81 bits per heavy atom. The predicted octanol–water partition coefficient (Wildman–Crippen LogP) is 6.34. The highest BCUT2D eigenvalue weighted by molar-refractivity contribution is 7.92. The Labute approximate surface area is 249 Å². The predicted molar refractivity (Wildman–Crippen MR) is 169 cm³/mol. The van der Waals surface area contributed by atoms with Gasteiger partial charge in [0.2, 0.25) is 11.5 Å². The molecule has 42 heavy (non-hydrogen) atoms. The fourth-order valence-corrected chi connectivity index (χ4v) is 6.82. The third-order valence-electron chi connectivity index (χ3n) is 7.99. The molecule has 2 aromatic heterocycles. The van der Waals surface area contributed by atoms with Crippen molar-refractivity contribution in [3.8, 4) is 5.75 Å². The largest absolute Gasteiger partial charge is 0.488 e. The first-order valence-electron chi connectivity index (χ1n) is 14.9. The Balaban J connectivity index is 1.50. The molecule has 4 N–H and O–H groups in total. The van der Waals surface area contributed by atoms with E-state index >= 15 is 0 Å². The summed E-state index contributed by atoms with van der Waals surface area (Å²) in [6.07, 6.45) is 4.11. The Morgan fingerprint density at radius 3 is 2.50 bits per heavy atom. The highest BCUT2D eigenvalue weighted by Crippen LogP contribution is 2.38. The highest BCUT2D eigenvalue weighted by atomic mass is 32.2. The maximum absolute atomic E-state index is 13.1. The lowest BCUT2D eigenvalue weighted by atomic mass is 9.86. The van der Waals surface area contributed by atoms with Gasteiger partial charge in [0.1, 0.15) is 5.69 Å². The van der Waals surface area contributed by atoms with E-state index in [4.69, 9.17) is 9.72 Å². The van der Waals surface area contributed by atoms with Gasteiger partial charge in [0, 0.05) is 6.20 Å². The van der Waals surface area contributed by atoms with Crippen LogP contribution in [0.25, 0.3) is 11.0 Å². The van der Waals surface area contributed by atoms with E-state index in [9.17, 15) is 8.42 Å². The number of aryl methyl sites for hydroxylation is 1. The number of hydrogen-bond acceptors (Lipinski definition) is 7. The molecule has 1 aliphatic rings. The van der Waals surface area contributed by atoms with E-state index in [1.807, 2.05) is 32.2 Å². The van der Waals surface area contributed by atoms with E-state index in [1.165, 1.54) is 11.1 Å². The summed E-state index contributed by atoms with van der Waals surface area (Å²) in [6, 6.07) is 13.2. The number of nitrogens with zero attached hydrogens (tertiary/aromatic N) is 2. The summed E-state index contributed by atoms with van der Waals surface area (Å²) >= 11 is 0. The molecule has 1 fully saturated rings. The van der Waals surface area contributed by atoms with Crippen molar-refractivity contribution in [1.29, 1.82) is 0 Å². The second kappa shape index (κ2) is 12.3. The van der Waals surface area contributed by atoms with Gasteiger partial charge in [-0.1, -0.05) is 24.0 Å². The first kappa shape index (κ1) is 29.8. The van der Waals surface area contributed by atoms with Gasteiger partial charge < -0.3 is 15.0 Å². The molecule has 0 unspecified atom stereocenters. The van der Waals surface area contributed by atoms with Crippen LogP contribution >= 0.6 is 0 Å². The van der Waals surface area contributed by atoms with Gasteiger partial charge in [0.05, 0.1) is 27.3 Å². The molecule has 0 saturated carbocycles. The molecule has 9 nitrogen and oxygen atoms in total. The van der Waals surface area contributed by atoms with Crippen LogP contribution in [-0.2, 0) is 9.84 Å². The Kier molecular flexibility index (Phi) is 8.75. The van der Waals surface area contributed by atoms with Crippen LogP contribution in [0.5, 0.6) is 5.75 Å². The van der Waals surface area contributed by atoms with Crippen molar-refractivity contribution in [3.63, 3.8) is 0 Å². The van der Waals surface area contributed by atoms with E-state index < -0.39 is 15.1 Å². The summed E-state index contributed by atoms with van der Waals surface area (Å²) in [7, 11) is -3.51. The van der Waals surface area contributed by atoms with Crippen LogP contribution < -0.4 is 20.4 Å². The molecule has 3 heterocycles. The van der Waals surface area contributed by atoms with E-state index in [1.54, 1.807) is 32.0 Å². The molecule has 2 aromatic carbocycles. The molecule has 10 heteroatoms. The van der Waals surface area contributed by atoms with Gasteiger partial charge in [-0.3, -0.25) is 10.3 Å². The minimum Gasteiger partial charge on any atom is -0.488 e. The van der Waals surface area contributed by atoms with E-state index in [0.717, 1.165) is 54.9 Å². The van der Waals surface area contributed by atoms with Crippen molar-refractivity contribution in [3.05, 3.63) is 59.8 Å². The lowest BCUT2D eigenvalue weighted by molar-refractivity contribution is -0.333. The fourth-order valence-electron chi connectivity index (χ4n) is 5.62. The van der Waals surface area contributed by atoms with E-state index in [-0.39, 0.29) is 11.0 Å². The Hall–Kier alpha value is -3.63. The van der Waals surface area contributed by atoms with Gasteiger partial charge >= 0.3 is 5.95 Å². The molecule has 0 amide bonds. The lowest BCUT2D eigenvalue weighted by Crippen LogP contribution is -2.32. The maximum atomic E-state index is 13.1. The standard InChI is InChI=1S/C32H42N6O3S/c1-7-38-16-13-23(14-17-38)25-19-28(41-20(2)3)27(18-22(25)6)35-32-36-30-24(12-15-33-30)31(37-32)34-26-10-8-9-11-29(26)42(39,40)21(4)5/h8-12,15,18-21,23H,7,13-14,16-17H2,1-6H3,(H3,33,34,35,36,37)/p+1. The molecule has 0 aliphatic carbocycles. The first-order valence-corrected chi connectivity index (χ1v) is 16.4. The summed E-state index contributed by atoms with van der Waals surface area (Å²) in [4.78, 5) is 14.2. The van der Waals surface area contributed by atoms with Gasteiger partial charge in [-0.25, -0.2) is 13.4 Å². The zero-order chi connectivity index (χ0) is 30.0. The molecule has 0 spiro atoms. The van der Waals surface area contributed by atoms with Gasteiger partial charge in [-0.15, -0.1) is 0 Å². The number of aromatic amines is 2. The highest BCUT2D eigenvalue weighted by Gasteiger charge is 2.26. The van der Waals surface area contributed by atoms with Crippen LogP contribution in [0.1, 0.15) is 64.5 Å². The molecule has 0 bridgehead atoms. The second-order valence-electron chi connectivity index (χ2n) is 11.6. The Morgan fingerprint density at radius 1 is 1.07 bits per heavy atom. The van der Waals surface area contributed by atoms with Crippen LogP contribution in [-0.4, -0.2) is 54.3 Å². The van der Waals surface area contributed by atoms with Crippen LogP contribution in [0.2, 0.25) is 0 Å². The third kappa shape index (κ3) is 6.24. The lowest BCUT2D eigenvalue weighted by Gasteiger charge is -2.32. The SMILES string of the molecule is CCN1CCC(c2cc(OC(C)C)c(Nc3nc(Nc4ccccc4S(=O)(=O)C(C)C)c4cc[nH]c4[nH+]3)cc2C)CC1. The number of aromatic nitrogens is 3. The van der Waals surface area contributed by atoms with Crippen molar-refractivity contribution in [1.82, 2.24) is 14.9 Å². The minimum atomic E-state index is -3.51. The molecular weight excluding hydrogens is 548 g/mol. The van der Waals surface area contributed by atoms with Crippen LogP contribution in [0.4, 0.5) is 23.1 Å². The minimum absolute atomic E-state index is 0.00232. The number of benzene rings is 2. The summed E-state index contributed by atoms with van der Waals surface area (Å²) in [5.74, 6) is 2.32. The normalized spacial score (nSPS) is 15.0. The zero-order valence-corrected chi connectivity index (χ0v) is 26.2. The number of fused-ring (bicyclic) bond motifs is 1. The molecule has 0 radical (unpaired) electrons. The number of rotatable bonds is 10. The number of H-pyrrole nitrogens is 2. The van der Waals surface area contributed by atoms with Crippen molar-refractivity contribution in [2.45, 2.75) is 76.6 Å². The number of likely N-dealkylation sites (tertiary alicyclic amines) is 1. The van der Waals surface area contributed by atoms with Crippen LogP contribution in [0, 0.1) is 6.92 Å². The smallest absolute Gasteiger partial charge is 0.351 e. The van der Waals surface area contributed by atoms with Gasteiger partial charge in [0.25, 0.3) is 0 Å². The molecule has 4 aromatic rings. The van der Waals surface area contributed by atoms with E-state index in [2.05, 4.69) is 51.5 Å². The number of sulfone groups is 1. The number of anilines is 4. The number of nitrogens with one attached hydrogen (secondary N) is 4. The van der Waals surface area contributed by atoms with Crippen LogP contribution in [0.3, 0.4) is 0 Å². The number of piperidine rings is 1. The molecule has 5 rings (SSSR count). The maximum Gasteiger partial charge on any atom is 0.351 e. The summed E-state index contributed by atoms with van der Waals surface area (Å²) in [5.41, 5.74) is 4.61. The molecule has 0 atom stereocenters. The van der Waals surface area contributed by atoms with Crippen molar-refractivity contribution in [2.24, 2.45) is 0 Å². The summed E-state index contributed by atoms with van der Waals surface area (Å²) < 4.78 is 32.5. The number of hydrogen-bond donors (Lipinski definition) is 3. The summed E-state index contributed by atoms with van der Waals surface area (Å²) in [5, 5.41) is 7.02. The molecule has 1 aliphatic heterocycles. The van der Waals surface area contributed by atoms with Gasteiger partial charge in [0.15, 0.2) is 15.6 Å². The number of ether oxygens (including phenoxy) is 1. The van der Waals surface area contributed by atoms with Gasteiger partial charge in [-0.2, -0.15) is 0 Å². The molecule has 224 valence electrons. The average molecular weight is 592 g/mol. The Bertz CT molecular complexity index is 1660. The van der Waals surface area contributed by atoms with Gasteiger partial charge in [-0.05, 0) is 114 Å². The number of para-hydroxylation sites is 1. The third-order valence-corrected chi connectivity index (χ3v) is 10.2. The quantitative estimate of drug-likeness (QED) is 0.197. The fraction of sp³-hybridized carbons (Fsp3) is 0.438. The van der Waals surface area contributed by atoms with E-state index in [0.29, 0.717) is 23.4 Å². The zero-order valence-electron chi connectivity index (χ0n) is 25.4. The molecular formula is C32H43N6O3S+. The van der Waals surface area contributed by atoms with Crippen LogP contribution in [0.15, 0.2) is 53.6 Å². The first-order chi connectivity index (χ1) is 20.1. The topological polar surface area (TPSA) is 113 Å². The van der Waals surface area contributed by atoms with Crippen molar-refractivity contribution in [2.75, 3.05) is 30.3 Å². The molecule has 1 saturated heterocycles. The van der Waals surface area contributed by atoms with Crippen molar-refractivity contribution >= 4 is 44.0 Å².